The molecule has 2 heterocycles. The van der Waals surface area contributed by atoms with Crippen molar-refractivity contribution >= 4 is 17.5 Å². The second-order valence-corrected chi connectivity index (χ2v) is 6.27. The van der Waals surface area contributed by atoms with E-state index in [4.69, 9.17) is 11.6 Å². The summed E-state index contributed by atoms with van der Waals surface area (Å²) in [5.41, 5.74) is -2.45. The monoisotopic (exact) mass is 339 g/mol. The Hall–Kier alpha value is -1.28. The van der Waals surface area contributed by atoms with Crippen molar-refractivity contribution < 1.29 is 23.1 Å². The van der Waals surface area contributed by atoms with Crippen molar-refractivity contribution in [2.75, 3.05) is 13.1 Å². The van der Waals surface area contributed by atoms with Crippen molar-refractivity contribution in [3.63, 3.8) is 0 Å². The lowest BCUT2D eigenvalue weighted by Gasteiger charge is -2.41. The predicted molar refractivity (Wildman–Crippen MR) is 73.5 cm³/mol. The Morgan fingerprint density at radius 2 is 2.09 bits per heavy atom. The third kappa shape index (κ3) is 2.94. The molecule has 0 radical (unpaired) electrons. The summed E-state index contributed by atoms with van der Waals surface area (Å²) in [4.78, 5) is 13.9. The van der Waals surface area contributed by atoms with Gasteiger partial charge in [-0.05, 0) is 13.3 Å². The number of hydrogen-bond acceptors (Lipinski definition) is 3. The standard InChI is InChI=1S/C13H17ClF3N3O2/c1-7-6-20(5-4-12(7,2)22)11(21)9-8(14)10(13(15,16)17)18-19(9)3/h7,22H,4-6H2,1-3H3/t7?,12-/m0/s1. The van der Waals surface area contributed by atoms with E-state index in [0.29, 0.717) is 6.42 Å². The normalized spacial score (nSPS) is 26.4. The topological polar surface area (TPSA) is 58.4 Å². The molecule has 1 fully saturated rings. The Morgan fingerprint density at radius 3 is 2.55 bits per heavy atom. The van der Waals surface area contributed by atoms with E-state index in [0.717, 1.165) is 4.68 Å². The van der Waals surface area contributed by atoms with Crippen LogP contribution in [0.25, 0.3) is 0 Å². The number of aromatic nitrogens is 2. The SMILES string of the molecule is CC1CN(C(=O)c2c(Cl)c(C(F)(F)F)nn2C)CC[C@]1(C)O. The van der Waals surface area contributed by atoms with Crippen LogP contribution in [0.4, 0.5) is 13.2 Å². The van der Waals surface area contributed by atoms with Crippen molar-refractivity contribution in [2.45, 2.75) is 32.0 Å². The summed E-state index contributed by atoms with van der Waals surface area (Å²) in [6.45, 7) is 3.96. The molecule has 1 amide bonds. The van der Waals surface area contributed by atoms with Gasteiger partial charge in [-0.25, -0.2) is 0 Å². The van der Waals surface area contributed by atoms with Crippen LogP contribution in [0.3, 0.4) is 0 Å². The highest BCUT2D eigenvalue weighted by Gasteiger charge is 2.42. The fourth-order valence-electron chi connectivity index (χ4n) is 2.47. The smallest absolute Gasteiger partial charge is 0.390 e. The van der Waals surface area contributed by atoms with Crippen molar-refractivity contribution in [3.05, 3.63) is 16.4 Å². The number of rotatable bonds is 1. The Labute approximate surface area is 130 Å². The lowest BCUT2D eigenvalue weighted by molar-refractivity contribution is -0.141. The number of piperidine rings is 1. The van der Waals surface area contributed by atoms with Crippen molar-refractivity contribution in [1.29, 1.82) is 0 Å². The molecule has 2 rings (SSSR count). The largest absolute Gasteiger partial charge is 0.436 e. The summed E-state index contributed by atoms with van der Waals surface area (Å²) in [7, 11) is 1.25. The molecule has 5 nitrogen and oxygen atoms in total. The highest BCUT2D eigenvalue weighted by atomic mass is 35.5. The Kier molecular flexibility index (Phi) is 4.20. The summed E-state index contributed by atoms with van der Waals surface area (Å²) in [6, 6.07) is 0. The van der Waals surface area contributed by atoms with Gasteiger partial charge in [-0.15, -0.1) is 0 Å². The molecule has 22 heavy (non-hydrogen) atoms. The molecule has 1 unspecified atom stereocenters. The molecule has 0 saturated carbocycles. The minimum Gasteiger partial charge on any atom is -0.390 e. The molecular weight excluding hydrogens is 323 g/mol. The number of hydrogen-bond donors (Lipinski definition) is 1. The number of nitrogens with zero attached hydrogens (tertiary/aromatic N) is 3. The number of amides is 1. The molecular formula is C13H17ClF3N3O2. The van der Waals surface area contributed by atoms with E-state index in [-0.39, 0.29) is 24.7 Å². The second kappa shape index (κ2) is 5.42. The van der Waals surface area contributed by atoms with E-state index >= 15 is 0 Å². The van der Waals surface area contributed by atoms with Crippen molar-refractivity contribution in [2.24, 2.45) is 13.0 Å². The average Bonchev–Trinajstić information content (AvgIpc) is 2.67. The van der Waals surface area contributed by atoms with Crippen molar-refractivity contribution in [1.82, 2.24) is 14.7 Å². The van der Waals surface area contributed by atoms with Gasteiger partial charge in [0.25, 0.3) is 5.91 Å². The molecule has 1 aliphatic heterocycles. The summed E-state index contributed by atoms with van der Waals surface area (Å²) in [5.74, 6) is -0.808. The van der Waals surface area contributed by atoms with Gasteiger partial charge in [-0.1, -0.05) is 18.5 Å². The van der Waals surface area contributed by atoms with Crippen LogP contribution in [0, 0.1) is 5.92 Å². The fourth-order valence-corrected chi connectivity index (χ4v) is 2.82. The Morgan fingerprint density at radius 1 is 1.50 bits per heavy atom. The van der Waals surface area contributed by atoms with Gasteiger partial charge >= 0.3 is 6.18 Å². The molecule has 0 bridgehead atoms. The maximum Gasteiger partial charge on any atom is 0.436 e. The summed E-state index contributed by atoms with van der Waals surface area (Å²) in [6.07, 6.45) is -4.37. The molecule has 2 atom stereocenters. The van der Waals surface area contributed by atoms with E-state index in [1.807, 2.05) is 0 Å². The molecule has 1 aromatic rings. The van der Waals surface area contributed by atoms with E-state index in [2.05, 4.69) is 5.10 Å². The van der Waals surface area contributed by atoms with E-state index in [9.17, 15) is 23.1 Å². The maximum absolute atomic E-state index is 12.8. The van der Waals surface area contributed by atoms with Crippen LogP contribution in [0.15, 0.2) is 0 Å². The summed E-state index contributed by atoms with van der Waals surface area (Å²) < 4.78 is 39.2. The number of aliphatic hydroxyl groups is 1. The Balaban J connectivity index is 2.30. The minimum absolute atomic E-state index is 0.195. The lowest BCUT2D eigenvalue weighted by Crippen LogP contribution is -2.51. The van der Waals surface area contributed by atoms with Crippen LogP contribution < -0.4 is 0 Å². The number of alkyl halides is 3. The van der Waals surface area contributed by atoms with Gasteiger partial charge < -0.3 is 10.0 Å². The number of carbonyl (C=O) groups is 1. The zero-order valence-corrected chi connectivity index (χ0v) is 13.2. The molecule has 0 spiro atoms. The van der Waals surface area contributed by atoms with Crippen molar-refractivity contribution in [3.8, 4) is 0 Å². The third-order valence-electron chi connectivity index (χ3n) is 4.19. The van der Waals surface area contributed by atoms with Crippen LogP contribution in [0.2, 0.25) is 5.02 Å². The molecule has 0 aliphatic carbocycles. The minimum atomic E-state index is -4.72. The first-order valence-electron chi connectivity index (χ1n) is 6.76. The average molecular weight is 340 g/mol. The number of likely N-dealkylation sites (tertiary alicyclic amines) is 1. The number of halogens is 4. The zero-order chi connectivity index (χ0) is 16.9. The molecule has 1 aromatic heterocycles. The molecule has 124 valence electrons. The van der Waals surface area contributed by atoms with Crippen LogP contribution in [-0.4, -0.2) is 44.4 Å². The van der Waals surface area contributed by atoms with Crippen LogP contribution in [0.5, 0.6) is 0 Å². The zero-order valence-electron chi connectivity index (χ0n) is 12.4. The molecule has 1 saturated heterocycles. The second-order valence-electron chi connectivity index (χ2n) is 5.89. The van der Waals surface area contributed by atoms with Gasteiger partial charge in [0.1, 0.15) is 10.7 Å². The Bertz CT molecular complexity index is 598. The molecule has 1 aliphatic rings. The number of carbonyl (C=O) groups excluding carboxylic acids is 1. The van der Waals surface area contributed by atoms with E-state index in [1.165, 1.54) is 11.9 Å². The lowest BCUT2D eigenvalue weighted by atomic mass is 9.84. The third-order valence-corrected chi connectivity index (χ3v) is 4.55. The summed E-state index contributed by atoms with van der Waals surface area (Å²) in [5, 5.41) is 12.7. The van der Waals surface area contributed by atoms with Gasteiger partial charge in [-0.3, -0.25) is 9.48 Å². The predicted octanol–water partition coefficient (Wildman–Crippen LogP) is 2.33. The van der Waals surface area contributed by atoms with Gasteiger partial charge in [-0.2, -0.15) is 18.3 Å². The van der Waals surface area contributed by atoms with Crippen LogP contribution in [-0.2, 0) is 13.2 Å². The summed E-state index contributed by atoms with van der Waals surface area (Å²) >= 11 is 5.72. The highest BCUT2D eigenvalue weighted by molar-refractivity contribution is 6.34. The highest BCUT2D eigenvalue weighted by Crippen LogP contribution is 2.36. The van der Waals surface area contributed by atoms with E-state index < -0.39 is 28.4 Å². The first-order valence-corrected chi connectivity index (χ1v) is 7.14. The van der Waals surface area contributed by atoms with E-state index in [1.54, 1.807) is 13.8 Å². The molecule has 9 heteroatoms. The van der Waals surface area contributed by atoms with Gasteiger partial charge in [0, 0.05) is 26.1 Å². The van der Waals surface area contributed by atoms with Gasteiger partial charge in [0.05, 0.1) is 5.60 Å². The molecule has 0 aromatic carbocycles. The quantitative estimate of drug-likeness (QED) is 0.854. The van der Waals surface area contributed by atoms with Crippen LogP contribution >= 0.6 is 11.6 Å². The molecule has 1 N–H and O–H groups in total. The maximum atomic E-state index is 12.8. The fraction of sp³-hybridized carbons (Fsp3) is 0.692. The van der Waals surface area contributed by atoms with Gasteiger partial charge in [0.15, 0.2) is 5.69 Å². The first kappa shape index (κ1) is 17.1. The number of aryl methyl sites for hydroxylation is 1. The van der Waals surface area contributed by atoms with Gasteiger partial charge in [0.2, 0.25) is 0 Å². The first-order chi connectivity index (χ1) is 9.95. The van der Waals surface area contributed by atoms with Crippen LogP contribution in [0.1, 0.15) is 36.5 Å².